The van der Waals surface area contributed by atoms with Gasteiger partial charge in [-0.1, -0.05) is 50.3 Å². The first kappa shape index (κ1) is 17.0. The Hall–Kier alpha value is -2.49. The lowest BCUT2D eigenvalue weighted by atomic mass is 9.87. The number of nitrogens with one attached hydrogen (secondary N) is 1. The van der Waals surface area contributed by atoms with Crippen molar-refractivity contribution in [2.75, 3.05) is 6.61 Å². The van der Waals surface area contributed by atoms with Crippen molar-refractivity contribution in [2.24, 2.45) is 5.92 Å². The van der Waals surface area contributed by atoms with Gasteiger partial charge in [-0.05, 0) is 42.2 Å². The molecule has 1 aromatic heterocycles. The van der Waals surface area contributed by atoms with E-state index in [-0.39, 0.29) is 5.75 Å². The van der Waals surface area contributed by atoms with Gasteiger partial charge in [0.25, 0.3) is 0 Å². The van der Waals surface area contributed by atoms with E-state index in [0.29, 0.717) is 6.42 Å². The van der Waals surface area contributed by atoms with Gasteiger partial charge in [0.05, 0.1) is 12.1 Å². The fourth-order valence-electron chi connectivity index (χ4n) is 3.88. The molecule has 0 radical (unpaired) electrons. The first-order valence-electron chi connectivity index (χ1n) is 9.66. The van der Waals surface area contributed by atoms with Crippen LogP contribution in [0.2, 0.25) is 0 Å². The van der Waals surface area contributed by atoms with Crippen LogP contribution in [0.3, 0.4) is 0 Å². The SMILES string of the molecule is Oc1ccc(Cc2nc3c(OCCC4CCCCC4)cccc3[nH]2)cc1. The topological polar surface area (TPSA) is 58.1 Å². The third-order valence-corrected chi connectivity index (χ3v) is 5.34. The predicted octanol–water partition coefficient (Wildman–Crippen LogP) is 5.21. The van der Waals surface area contributed by atoms with Gasteiger partial charge in [0.15, 0.2) is 0 Å². The molecule has 0 spiro atoms. The molecule has 0 amide bonds. The molecule has 3 aromatic rings. The number of nitrogens with zero attached hydrogens (tertiary/aromatic N) is 1. The minimum atomic E-state index is 0.284. The minimum absolute atomic E-state index is 0.284. The van der Waals surface area contributed by atoms with Crippen LogP contribution in [0.1, 0.15) is 49.9 Å². The molecular weight excluding hydrogens is 324 g/mol. The van der Waals surface area contributed by atoms with Crippen LogP contribution in [0.25, 0.3) is 11.0 Å². The second kappa shape index (κ2) is 7.81. The van der Waals surface area contributed by atoms with Crippen molar-refractivity contribution in [1.82, 2.24) is 9.97 Å². The zero-order valence-electron chi connectivity index (χ0n) is 15.1. The van der Waals surface area contributed by atoms with Crippen LogP contribution >= 0.6 is 0 Å². The summed E-state index contributed by atoms with van der Waals surface area (Å²) in [6.45, 7) is 0.768. The lowest BCUT2D eigenvalue weighted by Gasteiger charge is -2.21. The molecule has 0 bridgehead atoms. The number of aromatic amines is 1. The maximum absolute atomic E-state index is 9.41. The molecule has 0 saturated heterocycles. The smallest absolute Gasteiger partial charge is 0.147 e. The predicted molar refractivity (Wildman–Crippen MR) is 104 cm³/mol. The largest absolute Gasteiger partial charge is 0.508 e. The number of aromatic hydroxyl groups is 1. The fraction of sp³-hybridized carbons (Fsp3) is 0.409. The normalized spacial score (nSPS) is 15.4. The molecule has 2 N–H and O–H groups in total. The molecule has 4 nitrogen and oxygen atoms in total. The number of para-hydroxylation sites is 1. The van der Waals surface area contributed by atoms with Crippen LogP contribution < -0.4 is 4.74 Å². The van der Waals surface area contributed by atoms with Gasteiger partial charge in [0.2, 0.25) is 0 Å². The number of rotatable bonds is 6. The number of hydrogen-bond donors (Lipinski definition) is 2. The van der Waals surface area contributed by atoms with Crippen molar-refractivity contribution in [3.05, 3.63) is 53.9 Å². The van der Waals surface area contributed by atoms with Crippen LogP contribution in [0.5, 0.6) is 11.5 Å². The van der Waals surface area contributed by atoms with E-state index in [4.69, 9.17) is 9.72 Å². The van der Waals surface area contributed by atoms with E-state index in [1.165, 1.54) is 32.1 Å². The average molecular weight is 350 g/mol. The molecule has 1 aliphatic carbocycles. The number of phenolic OH excluding ortho intramolecular Hbond substituents is 1. The number of phenols is 1. The molecular formula is C22H26N2O2. The number of aromatic nitrogens is 2. The summed E-state index contributed by atoms with van der Waals surface area (Å²) in [6.07, 6.45) is 8.70. The summed E-state index contributed by atoms with van der Waals surface area (Å²) in [4.78, 5) is 8.14. The van der Waals surface area contributed by atoms with Gasteiger partial charge in [-0.15, -0.1) is 0 Å². The zero-order valence-corrected chi connectivity index (χ0v) is 15.1. The van der Waals surface area contributed by atoms with Crippen molar-refractivity contribution >= 4 is 11.0 Å². The highest BCUT2D eigenvalue weighted by Gasteiger charge is 2.14. The first-order chi connectivity index (χ1) is 12.8. The Morgan fingerprint density at radius 3 is 2.65 bits per heavy atom. The van der Waals surface area contributed by atoms with Crippen molar-refractivity contribution in [3.63, 3.8) is 0 Å². The second-order valence-corrected chi connectivity index (χ2v) is 7.32. The molecule has 136 valence electrons. The molecule has 4 heteroatoms. The summed E-state index contributed by atoms with van der Waals surface area (Å²) < 4.78 is 6.09. The second-order valence-electron chi connectivity index (χ2n) is 7.32. The van der Waals surface area contributed by atoms with Crippen molar-refractivity contribution in [3.8, 4) is 11.5 Å². The molecule has 1 heterocycles. The number of ether oxygens (including phenoxy) is 1. The zero-order chi connectivity index (χ0) is 17.8. The Morgan fingerprint density at radius 2 is 1.85 bits per heavy atom. The first-order valence-corrected chi connectivity index (χ1v) is 9.66. The van der Waals surface area contributed by atoms with Gasteiger partial charge >= 0.3 is 0 Å². The van der Waals surface area contributed by atoms with Crippen molar-refractivity contribution < 1.29 is 9.84 Å². The standard InChI is InChI=1S/C22H26N2O2/c25-18-11-9-17(10-12-18)15-21-23-19-7-4-8-20(22(19)24-21)26-14-13-16-5-2-1-3-6-16/h4,7-12,16,25H,1-3,5-6,13-15H2,(H,23,24). The van der Waals surface area contributed by atoms with Crippen LogP contribution in [0.4, 0.5) is 0 Å². The molecule has 1 aliphatic rings. The molecule has 4 rings (SSSR count). The summed E-state index contributed by atoms with van der Waals surface area (Å²) in [5.74, 6) is 2.89. The van der Waals surface area contributed by atoms with E-state index in [9.17, 15) is 5.11 Å². The van der Waals surface area contributed by atoms with E-state index >= 15 is 0 Å². The Morgan fingerprint density at radius 1 is 1.04 bits per heavy atom. The summed E-state index contributed by atoms with van der Waals surface area (Å²) in [5.41, 5.74) is 3.03. The van der Waals surface area contributed by atoms with Crippen LogP contribution in [-0.2, 0) is 6.42 Å². The summed E-state index contributed by atoms with van der Waals surface area (Å²) >= 11 is 0. The molecule has 2 aromatic carbocycles. The third-order valence-electron chi connectivity index (χ3n) is 5.34. The Kier molecular flexibility index (Phi) is 5.09. The van der Waals surface area contributed by atoms with E-state index in [1.54, 1.807) is 12.1 Å². The van der Waals surface area contributed by atoms with Crippen molar-refractivity contribution in [1.29, 1.82) is 0 Å². The average Bonchev–Trinajstić information content (AvgIpc) is 3.08. The lowest BCUT2D eigenvalue weighted by molar-refractivity contribution is 0.248. The van der Waals surface area contributed by atoms with Gasteiger partial charge in [-0.2, -0.15) is 0 Å². The molecule has 1 saturated carbocycles. The summed E-state index contributed by atoms with van der Waals surface area (Å²) in [5, 5.41) is 9.41. The molecule has 26 heavy (non-hydrogen) atoms. The quantitative estimate of drug-likeness (QED) is 0.642. The minimum Gasteiger partial charge on any atom is -0.508 e. The molecule has 0 aliphatic heterocycles. The summed E-state index contributed by atoms with van der Waals surface area (Å²) in [7, 11) is 0. The number of benzene rings is 2. The highest BCUT2D eigenvalue weighted by atomic mass is 16.5. The highest BCUT2D eigenvalue weighted by molar-refractivity contribution is 5.81. The van der Waals surface area contributed by atoms with Gasteiger partial charge in [-0.25, -0.2) is 4.98 Å². The lowest BCUT2D eigenvalue weighted by Crippen LogP contribution is -2.10. The highest BCUT2D eigenvalue weighted by Crippen LogP contribution is 2.28. The molecule has 1 fully saturated rings. The molecule has 0 atom stereocenters. The van der Waals surface area contributed by atoms with E-state index < -0.39 is 0 Å². The number of fused-ring (bicyclic) bond motifs is 1. The maximum Gasteiger partial charge on any atom is 0.147 e. The Balaban J connectivity index is 1.43. The van der Waals surface area contributed by atoms with Crippen molar-refractivity contribution in [2.45, 2.75) is 44.9 Å². The summed E-state index contributed by atoms with van der Waals surface area (Å²) in [6, 6.07) is 13.3. The van der Waals surface area contributed by atoms with E-state index in [0.717, 1.165) is 47.1 Å². The molecule has 0 unspecified atom stereocenters. The van der Waals surface area contributed by atoms with Gasteiger partial charge in [-0.3, -0.25) is 0 Å². The third kappa shape index (κ3) is 4.01. The van der Waals surface area contributed by atoms with Crippen LogP contribution in [0.15, 0.2) is 42.5 Å². The number of H-pyrrole nitrogens is 1. The number of hydrogen-bond acceptors (Lipinski definition) is 3. The monoisotopic (exact) mass is 350 g/mol. The van der Waals surface area contributed by atoms with Gasteiger partial charge in [0.1, 0.15) is 22.8 Å². The number of imidazole rings is 1. The fourth-order valence-corrected chi connectivity index (χ4v) is 3.88. The maximum atomic E-state index is 9.41. The van der Waals surface area contributed by atoms with E-state index in [1.807, 2.05) is 30.3 Å². The van der Waals surface area contributed by atoms with Crippen LogP contribution in [0, 0.1) is 5.92 Å². The van der Waals surface area contributed by atoms with Gasteiger partial charge < -0.3 is 14.8 Å². The van der Waals surface area contributed by atoms with Crippen LogP contribution in [-0.4, -0.2) is 21.7 Å². The Labute approximate surface area is 154 Å². The Bertz CT molecular complexity index is 848. The van der Waals surface area contributed by atoms with Gasteiger partial charge in [0, 0.05) is 6.42 Å². The van der Waals surface area contributed by atoms with E-state index in [2.05, 4.69) is 4.98 Å².